The Morgan fingerprint density at radius 3 is 2.55 bits per heavy atom. The molecule has 3 rings (SSSR count). The van der Waals surface area contributed by atoms with Crippen molar-refractivity contribution >= 4 is 40.6 Å². The standard InChI is InChI=1S/C19H17Cl2N5O3/c1-3-26-18(27)16(8-15(25-26)11-5-4-6-12(7-11)29-2)23-19(28)24-17-13(20)9-22-10-14(17)21/h4-10H,3H2,1-2H3,(H2,22,23,24,28). The van der Waals surface area contributed by atoms with Crippen LogP contribution in [-0.4, -0.2) is 27.9 Å². The van der Waals surface area contributed by atoms with Gasteiger partial charge in [-0.3, -0.25) is 9.78 Å². The third kappa shape index (κ3) is 4.67. The van der Waals surface area contributed by atoms with Gasteiger partial charge in [-0.05, 0) is 25.1 Å². The van der Waals surface area contributed by atoms with Crippen LogP contribution in [0.4, 0.5) is 16.2 Å². The number of aromatic nitrogens is 3. The second-order valence-electron chi connectivity index (χ2n) is 5.85. The molecular formula is C19H17Cl2N5O3. The SMILES string of the molecule is CCn1nc(-c2cccc(OC)c2)cc(NC(=O)Nc2c(Cl)cncc2Cl)c1=O. The molecule has 0 saturated carbocycles. The lowest BCUT2D eigenvalue weighted by molar-refractivity contribution is 0.262. The molecule has 8 nitrogen and oxygen atoms in total. The number of pyridine rings is 1. The second-order valence-corrected chi connectivity index (χ2v) is 6.67. The van der Waals surface area contributed by atoms with Crippen LogP contribution in [-0.2, 0) is 6.54 Å². The minimum atomic E-state index is -0.678. The van der Waals surface area contributed by atoms with E-state index in [9.17, 15) is 9.59 Å². The van der Waals surface area contributed by atoms with Gasteiger partial charge in [0.15, 0.2) is 0 Å². The van der Waals surface area contributed by atoms with Crippen LogP contribution in [0, 0.1) is 0 Å². The van der Waals surface area contributed by atoms with E-state index in [1.54, 1.807) is 26.2 Å². The zero-order valence-electron chi connectivity index (χ0n) is 15.6. The Kier molecular flexibility index (Phi) is 6.36. The molecule has 10 heteroatoms. The van der Waals surface area contributed by atoms with E-state index < -0.39 is 11.6 Å². The van der Waals surface area contributed by atoms with Crippen molar-refractivity contribution in [1.82, 2.24) is 14.8 Å². The first-order valence-corrected chi connectivity index (χ1v) is 9.32. The predicted molar refractivity (Wildman–Crippen MR) is 113 cm³/mol. The van der Waals surface area contributed by atoms with Crippen LogP contribution in [0.3, 0.4) is 0 Å². The average Bonchev–Trinajstić information content (AvgIpc) is 2.72. The largest absolute Gasteiger partial charge is 0.497 e. The molecule has 0 aliphatic rings. The van der Waals surface area contributed by atoms with E-state index in [1.807, 2.05) is 12.1 Å². The Morgan fingerprint density at radius 2 is 1.90 bits per heavy atom. The molecule has 0 aliphatic carbocycles. The molecule has 0 fully saturated rings. The number of halogens is 2. The number of methoxy groups -OCH3 is 1. The number of ether oxygens (including phenoxy) is 1. The van der Waals surface area contributed by atoms with Crippen LogP contribution >= 0.6 is 23.2 Å². The van der Waals surface area contributed by atoms with Gasteiger partial charge in [0.2, 0.25) is 0 Å². The van der Waals surface area contributed by atoms with Crippen LogP contribution in [0.25, 0.3) is 11.3 Å². The Labute approximate surface area is 176 Å². The fourth-order valence-corrected chi connectivity index (χ4v) is 3.03. The summed E-state index contributed by atoms with van der Waals surface area (Å²) in [7, 11) is 1.56. The summed E-state index contributed by atoms with van der Waals surface area (Å²) in [6.07, 6.45) is 2.70. The van der Waals surface area contributed by atoms with Crippen molar-refractivity contribution in [3.8, 4) is 17.0 Å². The van der Waals surface area contributed by atoms with Gasteiger partial charge in [-0.25, -0.2) is 9.48 Å². The number of carbonyl (C=O) groups excluding carboxylic acids is 1. The maximum absolute atomic E-state index is 12.6. The maximum atomic E-state index is 12.6. The summed E-state index contributed by atoms with van der Waals surface area (Å²) in [5.41, 5.74) is 1.04. The topological polar surface area (TPSA) is 98.1 Å². The van der Waals surface area contributed by atoms with Gasteiger partial charge in [0.25, 0.3) is 5.56 Å². The molecule has 150 valence electrons. The lowest BCUT2D eigenvalue weighted by Gasteiger charge is -2.12. The number of hydrogen-bond acceptors (Lipinski definition) is 5. The number of carbonyl (C=O) groups is 1. The highest BCUT2D eigenvalue weighted by molar-refractivity contribution is 6.39. The molecule has 0 spiro atoms. The third-order valence-corrected chi connectivity index (χ3v) is 4.55. The monoisotopic (exact) mass is 433 g/mol. The summed E-state index contributed by atoms with van der Waals surface area (Å²) in [6, 6.07) is 8.04. The number of aryl methyl sites for hydroxylation is 1. The van der Waals surface area contributed by atoms with Gasteiger partial charge in [0.05, 0.1) is 28.5 Å². The van der Waals surface area contributed by atoms with Crippen LogP contribution in [0.5, 0.6) is 5.75 Å². The first-order chi connectivity index (χ1) is 13.9. The van der Waals surface area contributed by atoms with Crippen LogP contribution in [0.15, 0.2) is 47.5 Å². The molecule has 1 aromatic carbocycles. The number of amides is 2. The Bertz CT molecular complexity index is 1100. The van der Waals surface area contributed by atoms with Crippen molar-refractivity contribution < 1.29 is 9.53 Å². The van der Waals surface area contributed by atoms with Crippen LogP contribution in [0.1, 0.15) is 6.92 Å². The smallest absolute Gasteiger partial charge is 0.323 e. The van der Waals surface area contributed by atoms with Crippen molar-refractivity contribution in [2.45, 2.75) is 13.5 Å². The normalized spacial score (nSPS) is 10.5. The molecule has 3 aromatic rings. The molecule has 0 saturated heterocycles. The number of rotatable bonds is 5. The minimum absolute atomic E-state index is 0.0541. The zero-order valence-corrected chi connectivity index (χ0v) is 17.1. The van der Waals surface area contributed by atoms with E-state index >= 15 is 0 Å². The Hall–Kier alpha value is -3.10. The molecule has 2 N–H and O–H groups in total. The van der Waals surface area contributed by atoms with Gasteiger partial charge < -0.3 is 15.4 Å². The van der Waals surface area contributed by atoms with Gasteiger partial charge in [0, 0.05) is 24.5 Å². The number of anilines is 2. The second kappa shape index (κ2) is 8.93. The highest BCUT2D eigenvalue weighted by atomic mass is 35.5. The summed E-state index contributed by atoms with van der Waals surface area (Å²) in [5.74, 6) is 0.646. The van der Waals surface area contributed by atoms with Crippen LogP contribution in [0.2, 0.25) is 10.0 Å². The lowest BCUT2D eigenvalue weighted by Crippen LogP contribution is -2.29. The van der Waals surface area contributed by atoms with Crippen molar-refractivity contribution in [3.63, 3.8) is 0 Å². The number of nitrogens with one attached hydrogen (secondary N) is 2. The van der Waals surface area contributed by atoms with E-state index in [0.717, 1.165) is 5.56 Å². The van der Waals surface area contributed by atoms with Gasteiger partial charge in [-0.1, -0.05) is 35.3 Å². The lowest BCUT2D eigenvalue weighted by atomic mass is 10.1. The highest BCUT2D eigenvalue weighted by Crippen LogP contribution is 2.29. The molecular weight excluding hydrogens is 417 g/mol. The predicted octanol–water partition coefficient (Wildman–Crippen LogP) is 4.28. The average molecular weight is 434 g/mol. The first-order valence-electron chi connectivity index (χ1n) is 8.56. The number of urea groups is 1. The summed E-state index contributed by atoms with van der Waals surface area (Å²) in [4.78, 5) is 28.9. The third-order valence-electron chi connectivity index (χ3n) is 3.98. The van der Waals surface area contributed by atoms with Gasteiger partial charge in [-0.2, -0.15) is 5.10 Å². The Balaban J connectivity index is 1.94. The minimum Gasteiger partial charge on any atom is -0.497 e. The van der Waals surface area contributed by atoms with Gasteiger partial charge in [-0.15, -0.1) is 0 Å². The number of hydrogen-bond donors (Lipinski definition) is 2. The van der Waals surface area contributed by atoms with Crippen molar-refractivity contribution in [2.24, 2.45) is 0 Å². The fraction of sp³-hybridized carbons (Fsp3) is 0.158. The molecule has 0 aliphatic heterocycles. The molecule has 2 amide bonds. The van der Waals surface area contributed by atoms with Crippen molar-refractivity contribution in [3.05, 3.63) is 63.1 Å². The van der Waals surface area contributed by atoms with E-state index in [1.165, 1.54) is 23.1 Å². The first kappa shape index (κ1) is 20.6. The molecule has 2 aromatic heterocycles. The molecule has 0 bridgehead atoms. The van der Waals surface area contributed by atoms with E-state index in [-0.39, 0.29) is 21.4 Å². The van der Waals surface area contributed by atoms with E-state index in [0.29, 0.717) is 18.0 Å². The van der Waals surface area contributed by atoms with Crippen molar-refractivity contribution in [2.75, 3.05) is 17.7 Å². The summed E-state index contributed by atoms with van der Waals surface area (Å²) < 4.78 is 6.49. The van der Waals surface area contributed by atoms with E-state index in [2.05, 4.69) is 20.7 Å². The van der Waals surface area contributed by atoms with Gasteiger partial charge >= 0.3 is 6.03 Å². The van der Waals surface area contributed by atoms with Crippen molar-refractivity contribution in [1.29, 1.82) is 0 Å². The maximum Gasteiger partial charge on any atom is 0.323 e. The molecule has 0 radical (unpaired) electrons. The fourth-order valence-electron chi connectivity index (χ4n) is 2.57. The van der Waals surface area contributed by atoms with Crippen LogP contribution < -0.4 is 20.9 Å². The quantitative estimate of drug-likeness (QED) is 0.625. The number of nitrogens with zero attached hydrogens (tertiary/aromatic N) is 3. The molecule has 29 heavy (non-hydrogen) atoms. The summed E-state index contributed by atoms with van der Waals surface area (Å²) in [6.45, 7) is 2.11. The molecule has 2 heterocycles. The highest BCUT2D eigenvalue weighted by Gasteiger charge is 2.15. The molecule has 0 unspecified atom stereocenters. The zero-order chi connectivity index (χ0) is 21.0. The number of benzene rings is 1. The van der Waals surface area contributed by atoms with E-state index in [4.69, 9.17) is 27.9 Å². The Morgan fingerprint density at radius 1 is 1.17 bits per heavy atom. The summed E-state index contributed by atoms with van der Waals surface area (Å²) in [5, 5.41) is 9.75. The summed E-state index contributed by atoms with van der Waals surface area (Å²) >= 11 is 12.0. The van der Waals surface area contributed by atoms with Gasteiger partial charge in [0.1, 0.15) is 11.4 Å². The molecule has 0 atom stereocenters.